The van der Waals surface area contributed by atoms with E-state index in [0.29, 0.717) is 37.4 Å². The number of benzene rings is 2. The Balaban J connectivity index is 1.57. The van der Waals surface area contributed by atoms with Crippen LogP contribution in [0.1, 0.15) is 30.3 Å². The molecule has 1 aliphatic heterocycles. The van der Waals surface area contributed by atoms with Crippen molar-refractivity contribution < 1.29 is 19.2 Å². The number of carbonyl (C=O) groups excluding carboxylic acids is 1. The third kappa shape index (κ3) is 5.16. The third-order valence-electron chi connectivity index (χ3n) is 7.02. The summed E-state index contributed by atoms with van der Waals surface area (Å²) in [7, 11) is 1.30. The van der Waals surface area contributed by atoms with Crippen molar-refractivity contribution in [3.05, 3.63) is 124 Å². The molecule has 0 unspecified atom stereocenters. The molecule has 44 heavy (non-hydrogen) atoms. The number of methoxy groups -OCH3 is 1. The number of hydrogen-bond acceptors (Lipinski definition) is 10. The van der Waals surface area contributed by atoms with E-state index in [1.165, 1.54) is 40.4 Å². The number of nitrogens with zero attached hydrogens (tertiary/aromatic N) is 5. The Hall–Kier alpha value is -5.14. The molecule has 0 bridgehead atoms. The van der Waals surface area contributed by atoms with Crippen LogP contribution < -0.4 is 19.6 Å². The van der Waals surface area contributed by atoms with E-state index in [1.54, 1.807) is 42.9 Å². The molecule has 0 aliphatic carbocycles. The van der Waals surface area contributed by atoms with Crippen LogP contribution in [0, 0.1) is 10.1 Å². The van der Waals surface area contributed by atoms with Crippen LogP contribution in [-0.2, 0) is 9.53 Å². The van der Waals surface area contributed by atoms with E-state index in [-0.39, 0.29) is 23.6 Å². The molecule has 11 nitrogen and oxygen atoms in total. The van der Waals surface area contributed by atoms with Crippen molar-refractivity contribution in [3.8, 4) is 22.7 Å². The topological polar surface area (TPSA) is 131 Å². The lowest BCUT2D eigenvalue weighted by molar-refractivity contribution is -0.385. The van der Waals surface area contributed by atoms with E-state index in [9.17, 15) is 19.7 Å². The number of fused-ring (bicyclic) bond motifs is 1. The van der Waals surface area contributed by atoms with E-state index < -0.39 is 16.9 Å². The number of esters is 1. The van der Waals surface area contributed by atoms with Crippen LogP contribution in [0.25, 0.3) is 23.0 Å². The quantitative estimate of drug-likeness (QED) is 0.139. The van der Waals surface area contributed by atoms with Crippen LogP contribution in [-0.4, -0.2) is 39.0 Å². The molecule has 1 aliphatic rings. The van der Waals surface area contributed by atoms with Crippen LogP contribution in [0.4, 0.5) is 5.69 Å². The Morgan fingerprint density at radius 3 is 2.64 bits per heavy atom. The molecule has 0 N–H and O–H groups in total. The number of aromatic nitrogens is 3. The maximum Gasteiger partial charge on any atom is 0.338 e. The number of hydrogen-bond donors (Lipinski definition) is 0. The highest BCUT2D eigenvalue weighted by molar-refractivity contribution is 7.10. The van der Waals surface area contributed by atoms with Gasteiger partial charge in [-0.3, -0.25) is 19.5 Å². The molecular weight excluding hydrogens is 603 g/mol. The number of para-hydroxylation sites is 1. The van der Waals surface area contributed by atoms with E-state index in [4.69, 9.17) is 14.6 Å². The third-order valence-corrected chi connectivity index (χ3v) is 8.93. The minimum atomic E-state index is -0.693. The highest BCUT2D eigenvalue weighted by Crippen LogP contribution is 2.35. The number of allylic oxidation sites excluding steroid dienone is 1. The lowest BCUT2D eigenvalue weighted by Gasteiger charge is -2.22. The number of thiazole rings is 1. The van der Waals surface area contributed by atoms with Gasteiger partial charge >= 0.3 is 11.7 Å². The highest BCUT2D eigenvalue weighted by Gasteiger charge is 2.33. The molecule has 0 spiro atoms. The standard InChI is InChI=1S/C31H25N5O6S2/c1-4-42-23-13-12-19(15-22(23)36(39)40)27-20(17-34(33-27)21-9-6-5-7-10-21)16-25-29(37)35-28(24-11-8-14-43-24)26(30(38)41-3)18(2)32-31(35)44-25/h5-17,28H,4H2,1-3H3/b25-16+/t28-/m1/s1. The molecule has 0 radical (unpaired) electrons. The fourth-order valence-corrected chi connectivity index (χ4v) is 6.93. The van der Waals surface area contributed by atoms with Gasteiger partial charge in [0, 0.05) is 28.3 Å². The second-order valence-electron chi connectivity index (χ2n) is 9.67. The molecule has 0 saturated carbocycles. The lowest BCUT2D eigenvalue weighted by Crippen LogP contribution is -2.39. The Morgan fingerprint density at radius 1 is 1.16 bits per heavy atom. The summed E-state index contributed by atoms with van der Waals surface area (Å²) >= 11 is 2.62. The monoisotopic (exact) mass is 627 g/mol. The first-order chi connectivity index (χ1) is 21.3. The van der Waals surface area contributed by atoms with E-state index >= 15 is 0 Å². The maximum absolute atomic E-state index is 14.1. The van der Waals surface area contributed by atoms with Crippen molar-refractivity contribution in [3.63, 3.8) is 0 Å². The summed E-state index contributed by atoms with van der Waals surface area (Å²) < 4.78 is 14.1. The van der Waals surface area contributed by atoms with Gasteiger partial charge in [-0.2, -0.15) is 5.10 Å². The first-order valence-electron chi connectivity index (χ1n) is 13.5. The lowest BCUT2D eigenvalue weighted by atomic mass is 10.0. The molecular formula is C31H25N5O6S2. The Morgan fingerprint density at radius 2 is 1.95 bits per heavy atom. The number of ether oxygens (including phenoxy) is 2. The summed E-state index contributed by atoms with van der Waals surface area (Å²) in [6.07, 6.45) is 3.48. The van der Waals surface area contributed by atoms with Gasteiger partial charge in [-0.05, 0) is 55.6 Å². The van der Waals surface area contributed by atoms with E-state index in [2.05, 4.69) is 4.99 Å². The average molecular weight is 628 g/mol. The fourth-order valence-electron chi connectivity index (χ4n) is 5.07. The molecule has 13 heteroatoms. The second-order valence-corrected chi connectivity index (χ2v) is 11.7. The number of thiophene rings is 1. The van der Waals surface area contributed by atoms with Gasteiger partial charge in [-0.25, -0.2) is 14.5 Å². The molecule has 3 aromatic heterocycles. The van der Waals surface area contributed by atoms with Gasteiger partial charge in [0.1, 0.15) is 11.7 Å². The van der Waals surface area contributed by atoms with Crippen LogP contribution in [0.2, 0.25) is 0 Å². The first kappa shape index (κ1) is 29.0. The van der Waals surface area contributed by atoms with Gasteiger partial charge in [-0.15, -0.1) is 11.3 Å². The number of rotatable bonds is 8. The fraction of sp³-hybridized carbons (Fsp3) is 0.161. The summed E-state index contributed by atoms with van der Waals surface area (Å²) in [5.41, 5.74) is 2.50. The number of nitro groups is 1. The maximum atomic E-state index is 14.1. The number of nitro benzene ring substituents is 1. The smallest absolute Gasteiger partial charge is 0.338 e. The minimum Gasteiger partial charge on any atom is -0.487 e. The van der Waals surface area contributed by atoms with Crippen molar-refractivity contribution in [2.75, 3.05) is 13.7 Å². The summed E-state index contributed by atoms with van der Waals surface area (Å²) in [6, 6.07) is 17.1. The zero-order chi connectivity index (χ0) is 31.0. The van der Waals surface area contributed by atoms with Crippen molar-refractivity contribution in [1.29, 1.82) is 0 Å². The Bertz CT molecular complexity index is 2110. The van der Waals surface area contributed by atoms with Gasteiger partial charge < -0.3 is 9.47 Å². The highest BCUT2D eigenvalue weighted by atomic mass is 32.1. The van der Waals surface area contributed by atoms with E-state index in [0.717, 1.165) is 10.6 Å². The summed E-state index contributed by atoms with van der Waals surface area (Å²) in [6.45, 7) is 3.76. The molecule has 1 atom stereocenters. The van der Waals surface area contributed by atoms with Gasteiger partial charge in [0.25, 0.3) is 5.56 Å². The molecule has 2 aromatic carbocycles. The van der Waals surface area contributed by atoms with Crippen molar-refractivity contribution in [2.45, 2.75) is 19.9 Å². The SMILES string of the molecule is CCOc1ccc(-c2nn(-c3ccccc3)cc2/C=c2/sc3n(c2=O)[C@H](c2cccs2)C(C(=O)OC)=C(C)N=3)cc1[N+](=O)[O-]. The molecule has 222 valence electrons. The minimum absolute atomic E-state index is 0.156. The predicted molar refractivity (Wildman–Crippen MR) is 167 cm³/mol. The predicted octanol–water partition coefficient (Wildman–Crippen LogP) is 4.63. The first-order valence-corrected chi connectivity index (χ1v) is 15.2. The summed E-state index contributed by atoms with van der Waals surface area (Å²) in [4.78, 5) is 44.2. The zero-order valence-corrected chi connectivity index (χ0v) is 25.4. The van der Waals surface area contributed by atoms with Gasteiger partial charge in [0.15, 0.2) is 10.6 Å². The van der Waals surface area contributed by atoms with Gasteiger partial charge in [-0.1, -0.05) is 35.6 Å². The molecule has 5 aromatic rings. The van der Waals surface area contributed by atoms with Crippen molar-refractivity contribution in [2.24, 2.45) is 4.99 Å². The van der Waals surface area contributed by atoms with Crippen LogP contribution >= 0.6 is 22.7 Å². The van der Waals surface area contributed by atoms with Gasteiger partial charge in [0.2, 0.25) is 0 Å². The number of carbonyl (C=O) groups is 1. The molecule has 0 saturated heterocycles. The molecule has 0 amide bonds. The van der Waals surface area contributed by atoms with Crippen LogP contribution in [0.15, 0.2) is 93.3 Å². The van der Waals surface area contributed by atoms with Gasteiger partial charge in [0.05, 0.1) is 40.1 Å². The second kappa shape index (κ2) is 11.9. The molecule has 4 heterocycles. The Labute approximate surface area is 258 Å². The molecule has 6 rings (SSSR count). The van der Waals surface area contributed by atoms with Crippen molar-refractivity contribution >= 4 is 40.4 Å². The molecule has 0 fully saturated rings. The summed E-state index contributed by atoms with van der Waals surface area (Å²) in [5.74, 6) is -0.397. The zero-order valence-electron chi connectivity index (χ0n) is 23.8. The van der Waals surface area contributed by atoms with Crippen LogP contribution in [0.5, 0.6) is 5.75 Å². The van der Waals surface area contributed by atoms with Crippen molar-refractivity contribution in [1.82, 2.24) is 14.3 Å². The summed E-state index contributed by atoms with van der Waals surface area (Å²) in [5, 5.41) is 18.6. The van der Waals surface area contributed by atoms with Crippen LogP contribution in [0.3, 0.4) is 0 Å². The Kier molecular flexibility index (Phi) is 7.80. The normalized spacial score (nSPS) is 14.7. The largest absolute Gasteiger partial charge is 0.487 e. The van der Waals surface area contributed by atoms with E-state index in [1.807, 2.05) is 47.8 Å². The average Bonchev–Trinajstić information content (AvgIpc) is 3.77.